The number of methoxy groups -OCH3 is 1. The van der Waals surface area contributed by atoms with E-state index in [4.69, 9.17) is 9.84 Å². The van der Waals surface area contributed by atoms with Crippen molar-refractivity contribution in [1.29, 1.82) is 0 Å². The summed E-state index contributed by atoms with van der Waals surface area (Å²) in [6, 6.07) is 7.38. The van der Waals surface area contributed by atoms with Crippen molar-refractivity contribution in [3.05, 3.63) is 29.8 Å². The molecule has 1 N–H and O–H groups in total. The zero-order chi connectivity index (χ0) is 15.5. The largest absolute Gasteiger partial charge is 0.497 e. The Morgan fingerprint density at radius 1 is 1.48 bits per heavy atom. The van der Waals surface area contributed by atoms with Crippen LogP contribution in [0.25, 0.3) is 0 Å². The Kier molecular flexibility index (Phi) is 4.45. The van der Waals surface area contributed by atoms with Crippen molar-refractivity contribution in [3.63, 3.8) is 0 Å². The minimum atomic E-state index is -2.30. The minimum Gasteiger partial charge on any atom is -0.497 e. The van der Waals surface area contributed by atoms with E-state index >= 15 is 0 Å². The van der Waals surface area contributed by atoms with Crippen LogP contribution in [0.3, 0.4) is 0 Å². The van der Waals surface area contributed by atoms with Crippen LogP contribution in [0.5, 0.6) is 5.75 Å². The number of hydrogen-bond acceptors (Lipinski definition) is 3. The Balaban J connectivity index is 1.89. The maximum Gasteiger partial charge on any atom is 0.343 e. The van der Waals surface area contributed by atoms with Crippen LogP contribution in [0.4, 0.5) is 4.39 Å². The van der Waals surface area contributed by atoms with E-state index in [1.807, 2.05) is 24.3 Å². The third-order valence-electron chi connectivity index (χ3n) is 3.72. The number of ether oxygens (including phenoxy) is 1. The molecule has 1 saturated heterocycles. The van der Waals surface area contributed by atoms with Crippen molar-refractivity contribution in [3.8, 4) is 5.75 Å². The van der Waals surface area contributed by atoms with E-state index in [1.54, 1.807) is 7.11 Å². The lowest BCUT2D eigenvalue weighted by Gasteiger charge is -2.17. The monoisotopic (exact) mass is 295 g/mol. The summed E-state index contributed by atoms with van der Waals surface area (Å²) in [4.78, 5) is 24.1. The van der Waals surface area contributed by atoms with Crippen LogP contribution in [0.1, 0.15) is 18.4 Å². The first-order valence-corrected chi connectivity index (χ1v) is 6.77. The molecular formula is C15H18FNO4. The molecule has 1 amide bonds. The molecule has 1 aliphatic heterocycles. The number of carbonyl (C=O) groups excluding carboxylic acids is 1. The Morgan fingerprint density at radius 2 is 2.24 bits per heavy atom. The molecule has 1 aromatic carbocycles. The molecule has 0 radical (unpaired) electrons. The van der Waals surface area contributed by atoms with E-state index in [2.05, 4.69) is 0 Å². The van der Waals surface area contributed by atoms with Crippen LogP contribution in [-0.2, 0) is 16.0 Å². The number of rotatable bonds is 5. The van der Waals surface area contributed by atoms with Gasteiger partial charge in [-0.15, -0.1) is 0 Å². The number of carbonyl (C=O) groups is 2. The average Bonchev–Trinajstić information content (AvgIpc) is 2.89. The van der Waals surface area contributed by atoms with Crippen LogP contribution in [0.15, 0.2) is 24.3 Å². The summed E-state index contributed by atoms with van der Waals surface area (Å²) in [5.74, 6) is -1.00. The zero-order valence-electron chi connectivity index (χ0n) is 11.8. The molecule has 2 rings (SSSR count). The number of halogens is 1. The number of aliphatic carboxylic acids is 1. The number of alkyl halides is 1. The van der Waals surface area contributed by atoms with Gasteiger partial charge in [-0.3, -0.25) is 4.79 Å². The third kappa shape index (κ3) is 3.51. The first-order valence-electron chi connectivity index (χ1n) is 6.77. The van der Waals surface area contributed by atoms with Gasteiger partial charge in [0, 0.05) is 19.4 Å². The molecular weight excluding hydrogens is 277 g/mol. The van der Waals surface area contributed by atoms with Crippen molar-refractivity contribution >= 4 is 11.9 Å². The first kappa shape index (κ1) is 15.3. The maximum atomic E-state index is 13.9. The minimum absolute atomic E-state index is 0.146. The highest BCUT2D eigenvalue weighted by Gasteiger charge is 2.46. The quantitative estimate of drug-likeness (QED) is 0.897. The molecule has 1 fully saturated rings. The molecule has 0 aromatic heterocycles. The highest BCUT2D eigenvalue weighted by molar-refractivity contribution is 5.82. The molecule has 5 nitrogen and oxygen atoms in total. The van der Waals surface area contributed by atoms with Crippen molar-refractivity contribution in [2.75, 3.05) is 20.2 Å². The summed E-state index contributed by atoms with van der Waals surface area (Å²) in [6.07, 6.45) is 0.592. The molecule has 0 aliphatic carbocycles. The SMILES string of the molecule is COc1cccc(CCC(=O)N2CCC(F)(C(=O)O)C2)c1. The van der Waals surface area contributed by atoms with Gasteiger partial charge in [0.25, 0.3) is 0 Å². The van der Waals surface area contributed by atoms with Gasteiger partial charge >= 0.3 is 5.97 Å². The van der Waals surface area contributed by atoms with Gasteiger partial charge in [0.2, 0.25) is 11.6 Å². The summed E-state index contributed by atoms with van der Waals surface area (Å²) in [7, 11) is 1.57. The lowest BCUT2D eigenvalue weighted by molar-refractivity contribution is -0.150. The van der Waals surface area contributed by atoms with E-state index in [-0.39, 0.29) is 31.8 Å². The standard InChI is InChI=1S/C15H18FNO4/c1-21-12-4-2-3-11(9-12)5-6-13(18)17-8-7-15(16,10-17)14(19)20/h2-4,9H,5-8,10H2,1H3,(H,19,20). The number of likely N-dealkylation sites (tertiary alicyclic amines) is 1. The van der Waals surface area contributed by atoms with Crippen LogP contribution < -0.4 is 4.74 Å². The highest BCUT2D eigenvalue weighted by atomic mass is 19.1. The predicted octanol–water partition coefficient (Wildman–Crippen LogP) is 1.65. The Hall–Kier alpha value is -2.11. The number of aryl methyl sites for hydroxylation is 1. The number of hydrogen-bond donors (Lipinski definition) is 1. The van der Waals surface area contributed by atoms with E-state index in [0.29, 0.717) is 6.42 Å². The van der Waals surface area contributed by atoms with Crippen molar-refractivity contribution in [2.45, 2.75) is 24.9 Å². The molecule has 6 heteroatoms. The third-order valence-corrected chi connectivity index (χ3v) is 3.72. The second-order valence-electron chi connectivity index (χ2n) is 5.19. The molecule has 1 unspecified atom stereocenters. The lowest BCUT2D eigenvalue weighted by Crippen LogP contribution is -2.38. The zero-order valence-corrected chi connectivity index (χ0v) is 11.8. The van der Waals surface area contributed by atoms with Crippen molar-refractivity contribution in [2.24, 2.45) is 0 Å². The van der Waals surface area contributed by atoms with Gasteiger partial charge in [0.1, 0.15) is 5.75 Å². The van der Waals surface area contributed by atoms with Crippen LogP contribution in [-0.4, -0.2) is 47.8 Å². The van der Waals surface area contributed by atoms with Crippen molar-refractivity contribution in [1.82, 2.24) is 4.90 Å². The van der Waals surface area contributed by atoms with Gasteiger partial charge in [0.15, 0.2) is 0 Å². The number of nitrogens with zero attached hydrogens (tertiary/aromatic N) is 1. The number of amides is 1. The summed E-state index contributed by atoms with van der Waals surface area (Å²) < 4.78 is 19.0. The number of carboxylic acids is 1. The maximum absolute atomic E-state index is 13.9. The molecule has 114 valence electrons. The summed E-state index contributed by atoms with van der Waals surface area (Å²) in [6.45, 7) is -0.209. The fourth-order valence-electron chi connectivity index (χ4n) is 2.40. The molecule has 0 saturated carbocycles. The molecule has 1 atom stereocenters. The summed E-state index contributed by atoms with van der Waals surface area (Å²) >= 11 is 0. The Morgan fingerprint density at radius 3 is 2.86 bits per heavy atom. The van der Waals surface area contributed by atoms with Gasteiger partial charge < -0.3 is 14.7 Å². The van der Waals surface area contributed by atoms with Gasteiger partial charge in [-0.25, -0.2) is 9.18 Å². The molecule has 0 bridgehead atoms. The second-order valence-corrected chi connectivity index (χ2v) is 5.19. The fourth-order valence-corrected chi connectivity index (χ4v) is 2.40. The van der Waals surface area contributed by atoms with Crippen LogP contribution in [0, 0.1) is 0 Å². The van der Waals surface area contributed by atoms with E-state index in [9.17, 15) is 14.0 Å². The van der Waals surface area contributed by atoms with Crippen LogP contribution in [0.2, 0.25) is 0 Å². The normalized spacial score (nSPS) is 21.3. The van der Waals surface area contributed by atoms with E-state index in [1.165, 1.54) is 4.90 Å². The summed E-state index contributed by atoms with van der Waals surface area (Å²) in [5, 5.41) is 8.81. The van der Waals surface area contributed by atoms with Gasteiger partial charge in [-0.05, 0) is 24.1 Å². The molecule has 0 spiro atoms. The number of carboxylic acid groups (broad SMARTS) is 1. The lowest BCUT2D eigenvalue weighted by atomic mass is 10.1. The highest BCUT2D eigenvalue weighted by Crippen LogP contribution is 2.26. The predicted molar refractivity (Wildman–Crippen MR) is 74.0 cm³/mol. The number of benzene rings is 1. The van der Waals surface area contributed by atoms with E-state index < -0.39 is 11.6 Å². The second kappa shape index (κ2) is 6.11. The summed E-state index contributed by atoms with van der Waals surface area (Å²) in [5.41, 5.74) is -1.35. The average molecular weight is 295 g/mol. The molecule has 1 aliphatic rings. The molecule has 1 aromatic rings. The Bertz CT molecular complexity index is 548. The first-order chi connectivity index (χ1) is 9.94. The van der Waals surface area contributed by atoms with Gasteiger partial charge in [-0.2, -0.15) is 0 Å². The van der Waals surface area contributed by atoms with Gasteiger partial charge in [-0.1, -0.05) is 12.1 Å². The topological polar surface area (TPSA) is 66.8 Å². The van der Waals surface area contributed by atoms with Crippen LogP contribution >= 0.6 is 0 Å². The molecule has 21 heavy (non-hydrogen) atoms. The molecule has 1 heterocycles. The fraction of sp³-hybridized carbons (Fsp3) is 0.467. The van der Waals surface area contributed by atoms with Gasteiger partial charge in [0.05, 0.1) is 13.7 Å². The Labute approximate surface area is 122 Å². The van der Waals surface area contributed by atoms with Crippen molar-refractivity contribution < 1.29 is 23.8 Å². The smallest absolute Gasteiger partial charge is 0.343 e. The van der Waals surface area contributed by atoms with E-state index in [0.717, 1.165) is 11.3 Å².